The maximum Gasteiger partial charge on any atom is 0.330 e. The molecule has 1 aliphatic carbocycles. The molecule has 2 aromatic heterocycles. The van der Waals surface area contributed by atoms with Crippen molar-refractivity contribution in [2.45, 2.75) is 25.3 Å². The SMILES string of the molecule is COc1nc(-c2cccc(-c3cccc(NC(=O)c4cn(C)c(=O)n(C)c4=O)c3Cl)c2Cl)cc2c1[C@@H](N1CC3(CCNC3=O)C1)CC2. The van der Waals surface area contributed by atoms with Crippen molar-refractivity contribution in [3.63, 3.8) is 0 Å². The van der Waals surface area contributed by atoms with Crippen molar-refractivity contribution < 1.29 is 14.3 Å². The summed E-state index contributed by atoms with van der Waals surface area (Å²) in [5, 5.41) is 6.33. The fourth-order valence-electron chi connectivity index (χ4n) is 7.14. The fourth-order valence-corrected chi connectivity index (χ4v) is 7.74. The van der Waals surface area contributed by atoms with Crippen LogP contribution < -0.4 is 26.6 Å². The molecule has 3 aliphatic rings. The van der Waals surface area contributed by atoms with Gasteiger partial charge in [-0.3, -0.25) is 23.9 Å². The van der Waals surface area contributed by atoms with Crippen LogP contribution in [0.2, 0.25) is 10.0 Å². The standard InChI is InChI=1S/C34H32Cl2N6O5/c1-40-15-22(31(44)41(2)33(40)46)29(43)38-23-9-5-7-20(28(23)36)19-6-4-8-21(27(19)35)24-14-18-10-11-25(26(18)30(39-24)47-3)42-16-34(17-42)12-13-37-32(34)45/h4-9,14-15,25H,10-13,16-17H2,1-3H3,(H,37,45)(H,38,43)/t25-/m0/s1. The summed E-state index contributed by atoms with van der Waals surface area (Å²) in [4.78, 5) is 57.5. The van der Waals surface area contributed by atoms with Crippen LogP contribution in [0.4, 0.5) is 5.69 Å². The van der Waals surface area contributed by atoms with Crippen molar-refractivity contribution >= 4 is 40.7 Å². The first-order chi connectivity index (χ1) is 22.5. The first-order valence-corrected chi connectivity index (χ1v) is 16.0. The van der Waals surface area contributed by atoms with Crippen LogP contribution in [0.25, 0.3) is 22.4 Å². The number of likely N-dealkylation sites (tertiary alicyclic amines) is 1. The van der Waals surface area contributed by atoms with Gasteiger partial charge in [-0.25, -0.2) is 9.78 Å². The average Bonchev–Trinajstić information content (AvgIpc) is 3.65. The van der Waals surface area contributed by atoms with Gasteiger partial charge in [0.05, 0.1) is 34.0 Å². The number of methoxy groups -OCH3 is 1. The number of rotatable bonds is 6. The molecule has 0 radical (unpaired) electrons. The highest BCUT2D eigenvalue weighted by Crippen LogP contribution is 2.49. The monoisotopic (exact) mass is 674 g/mol. The lowest BCUT2D eigenvalue weighted by Crippen LogP contribution is -2.60. The van der Waals surface area contributed by atoms with Crippen molar-refractivity contribution in [2.75, 3.05) is 32.1 Å². The third-order valence-electron chi connectivity index (χ3n) is 9.65. The summed E-state index contributed by atoms with van der Waals surface area (Å²) in [5.41, 5.74) is 3.31. The lowest BCUT2D eigenvalue weighted by Gasteiger charge is -2.49. The zero-order valence-electron chi connectivity index (χ0n) is 26.0. The Bertz CT molecular complexity index is 2100. The summed E-state index contributed by atoms with van der Waals surface area (Å²) in [6, 6.07) is 12.9. The number of aromatic nitrogens is 3. The van der Waals surface area contributed by atoms with Crippen LogP contribution in [0.15, 0.2) is 58.3 Å². The molecule has 2 amide bonds. The molecule has 1 spiro atoms. The van der Waals surface area contributed by atoms with Crippen LogP contribution in [0.3, 0.4) is 0 Å². The molecule has 2 aliphatic heterocycles. The number of aryl methyl sites for hydroxylation is 2. The molecule has 0 bridgehead atoms. The van der Waals surface area contributed by atoms with E-state index in [1.807, 2.05) is 18.2 Å². The highest BCUT2D eigenvalue weighted by atomic mass is 35.5. The van der Waals surface area contributed by atoms with Crippen LogP contribution in [0, 0.1) is 5.41 Å². The van der Waals surface area contributed by atoms with Gasteiger partial charge in [0.25, 0.3) is 11.5 Å². The number of benzene rings is 2. The van der Waals surface area contributed by atoms with E-state index in [0.717, 1.165) is 59.2 Å². The Kier molecular flexibility index (Phi) is 7.73. The zero-order valence-corrected chi connectivity index (χ0v) is 27.5. The van der Waals surface area contributed by atoms with E-state index in [2.05, 4.69) is 21.6 Å². The molecular weight excluding hydrogens is 643 g/mol. The molecule has 4 aromatic rings. The first kappa shape index (κ1) is 31.2. The average molecular weight is 676 g/mol. The number of ether oxygens (including phenoxy) is 1. The van der Waals surface area contributed by atoms with Crippen LogP contribution in [-0.2, 0) is 25.3 Å². The minimum atomic E-state index is -0.716. The normalized spacial score (nSPS) is 18.1. The second-order valence-electron chi connectivity index (χ2n) is 12.4. The van der Waals surface area contributed by atoms with Gasteiger partial charge in [-0.1, -0.05) is 53.5 Å². The Morgan fingerprint density at radius 3 is 2.45 bits per heavy atom. The molecule has 7 rings (SSSR count). The summed E-state index contributed by atoms with van der Waals surface area (Å²) < 4.78 is 7.87. The summed E-state index contributed by atoms with van der Waals surface area (Å²) in [6.07, 6.45) is 3.85. The Labute approximate surface area is 280 Å². The molecule has 4 heterocycles. The third-order valence-corrected chi connectivity index (χ3v) is 10.5. The van der Waals surface area contributed by atoms with Gasteiger partial charge in [-0.2, -0.15) is 0 Å². The molecule has 2 aromatic carbocycles. The molecule has 2 N–H and O–H groups in total. The molecule has 47 heavy (non-hydrogen) atoms. The number of halogens is 2. The molecule has 242 valence electrons. The second-order valence-corrected chi connectivity index (χ2v) is 13.2. The van der Waals surface area contributed by atoms with E-state index in [0.29, 0.717) is 33.3 Å². The highest BCUT2D eigenvalue weighted by Gasteiger charge is 2.54. The van der Waals surface area contributed by atoms with E-state index >= 15 is 0 Å². The topological polar surface area (TPSA) is 128 Å². The Morgan fingerprint density at radius 1 is 1.04 bits per heavy atom. The Balaban J connectivity index is 1.19. The molecular formula is C34H32Cl2N6O5. The van der Waals surface area contributed by atoms with E-state index in [-0.39, 0.29) is 33.6 Å². The summed E-state index contributed by atoms with van der Waals surface area (Å²) in [7, 11) is 4.39. The zero-order chi connectivity index (χ0) is 33.2. The number of nitrogens with one attached hydrogen (secondary N) is 2. The summed E-state index contributed by atoms with van der Waals surface area (Å²) in [6.45, 7) is 2.22. The second kappa shape index (κ2) is 11.7. The van der Waals surface area contributed by atoms with Crippen LogP contribution in [0.1, 0.15) is 40.4 Å². The van der Waals surface area contributed by atoms with E-state index < -0.39 is 17.2 Å². The minimum absolute atomic E-state index is 0.139. The first-order valence-electron chi connectivity index (χ1n) is 15.3. The van der Waals surface area contributed by atoms with Gasteiger partial charge in [-0.15, -0.1) is 0 Å². The Hall–Kier alpha value is -4.45. The minimum Gasteiger partial charge on any atom is -0.481 e. The lowest BCUT2D eigenvalue weighted by molar-refractivity contribution is -0.139. The lowest BCUT2D eigenvalue weighted by atomic mass is 9.77. The van der Waals surface area contributed by atoms with Crippen molar-refractivity contribution in [1.29, 1.82) is 0 Å². The Morgan fingerprint density at radius 2 is 1.74 bits per heavy atom. The predicted octanol–water partition coefficient (Wildman–Crippen LogP) is 4.19. The van der Waals surface area contributed by atoms with E-state index in [1.54, 1.807) is 25.3 Å². The van der Waals surface area contributed by atoms with Crippen molar-refractivity contribution in [3.8, 4) is 28.3 Å². The number of carbonyl (C=O) groups excluding carboxylic acids is 2. The number of fused-ring (bicyclic) bond motifs is 1. The smallest absolute Gasteiger partial charge is 0.330 e. The maximum atomic E-state index is 13.1. The van der Waals surface area contributed by atoms with Crippen molar-refractivity contribution in [2.24, 2.45) is 19.5 Å². The number of nitrogens with zero attached hydrogens (tertiary/aromatic N) is 4. The van der Waals surface area contributed by atoms with Gasteiger partial charge in [-0.05, 0) is 37.0 Å². The molecule has 0 saturated carbocycles. The van der Waals surface area contributed by atoms with E-state index in [9.17, 15) is 19.2 Å². The number of carbonyl (C=O) groups is 2. The molecule has 11 nitrogen and oxygen atoms in total. The van der Waals surface area contributed by atoms with Gasteiger partial charge in [0.15, 0.2) is 0 Å². The van der Waals surface area contributed by atoms with Gasteiger partial charge in [0.2, 0.25) is 11.8 Å². The molecule has 2 saturated heterocycles. The largest absolute Gasteiger partial charge is 0.481 e. The summed E-state index contributed by atoms with van der Waals surface area (Å²) >= 11 is 13.9. The van der Waals surface area contributed by atoms with Crippen LogP contribution >= 0.6 is 23.2 Å². The van der Waals surface area contributed by atoms with Crippen LogP contribution in [0.5, 0.6) is 5.88 Å². The number of hydrogen-bond donors (Lipinski definition) is 2. The van der Waals surface area contributed by atoms with Crippen LogP contribution in [-0.4, -0.2) is 57.6 Å². The quantitative estimate of drug-likeness (QED) is 0.314. The predicted molar refractivity (Wildman–Crippen MR) is 179 cm³/mol. The molecule has 1 atom stereocenters. The van der Waals surface area contributed by atoms with Gasteiger partial charge >= 0.3 is 5.69 Å². The number of amides is 2. The molecule has 0 unspecified atom stereocenters. The number of anilines is 1. The van der Waals surface area contributed by atoms with Gasteiger partial charge in [0.1, 0.15) is 5.56 Å². The molecule has 2 fully saturated rings. The fraction of sp³-hybridized carbons (Fsp3) is 0.324. The highest BCUT2D eigenvalue weighted by molar-refractivity contribution is 6.39. The molecule has 13 heteroatoms. The van der Waals surface area contributed by atoms with Crippen molar-refractivity contribution in [3.05, 3.63) is 96.2 Å². The third kappa shape index (κ3) is 5.04. The number of hydrogen-bond acceptors (Lipinski definition) is 7. The van der Waals surface area contributed by atoms with Crippen molar-refractivity contribution in [1.82, 2.24) is 24.3 Å². The van der Waals surface area contributed by atoms with E-state index in [1.165, 1.54) is 20.3 Å². The van der Waals surface area contributed by atoms with Gasteiger partial charge in [0, 0.05) is 68.2 Å². The maximum absolute atomic E-state index is 13.1. The van der Waals surface area contributed by atoms with Gasteiger partial charge < -0.3 is 19.9 Å². The summed E-state index contributed by atoms with van der Waals surface area (Å²) in [5.74, 6) is 0.00311. The van der Waals surface area contributed by atoms with E-state index in [4.69, 9.17) is 32.9 Å². The number of pyridine rings is 1.